The maximum absolute atomic E-state index is 13.4. The molecule has 10 nitrogen and oxygen atoms in total. The summed E-state index contributed by atoms with van der Waals surface area (Å²) in [5.41, 5.74) is 3.54. The van der Waals surface area contributed by atoms with Crippen LogP contribution in [0.5, 0.6) is 5.75 Å². The number of aliphatic carboxylic acids is 3. The van der Waals surface area contributed by atoms with Gasteiger partial charge in [-0.25, -0.2) is 0 Å². The summed E-state index contributed by atoms with van der Waals surface area (Å²) in [6.45, 7) is 3.12. The summed E-state index contributed by atoms with van der Waals surface area (Å²) in [6, 6.07) is 11.6. The number of benzene rings is 2. The molecule has 48 heavy (non-hydrogen) atoms. The summed E-state index contributed by atoms with van der Waals surface area (Å²) in [5, 5.41) is 29.7. The molecular weight excluding hydrogens is 981 g/mol. The average molecular weight is 1020 g/mol. The maximum Gasteiger partial charge on any atom is 0.307 e. The van der Waals surface area contributed by atoms with E-state index in [1.54, 1.807) is 4.90 Å². The molecular formula is C34H42ClI3N2O8. The number of carbonyl (C=O) groups excluding carboxylic acids is 1. The summed E-state index contributed by atoms with van der Waals surface area (Å²) in [6.07, 6.45) is 2.41. The Labute approximate surface area is 327 Å². The number of ether oxygens (including phenoxy) is 1. The number of rotatable bonds is 20. The molecule has 0 spiro atoms. The molecule has 3 atom stereocenters. The Balaban J connectivity index is 1.82. The number of aryl methyl sites for hydroxylation is 3. The number of amides is 1. The Morgan fingerprint density at radius 1 is 0.708 bits per heavy atom. The first-order valence-corrected chi connectivity index (χ1v) is 20.8. The number of carbonyl (C=O) groups is 4. The summed E-state index contributed by atoms with van der Waals surface area (Å²) < 4.78 is 7.64. The van der Waals surface area contributed by atoms with Crippen LogP contribution < -0.4 is 4.74 Å². The molecule has 3 N–H and O–H groups in total. The molecule has 0 saturated carbocycles. The van der Waals surface area contributed by atoms with Crippen LogP contribution in [0.3, 0.4) is 0 Å². The number of halogens is 4. The van der Waals surface area contributed by atoms with Crippen molar-refractivity contribution in [1.29, 1.82) is 0 Å². The molecule has 1 aliphatic rings. The number of hydrogen-bond donors (Lipinski definition) is 3. The molecule has 14 heteroatoms. The van der Waals surface area contributed by atoms with Gasteiger partial charge in [-0.2, -0.15) is 0 Å². The molecule has 0 aromatic heterocycles. The topological polar surface area (TPSA) is 145 Å². The minimum atomic E-state index is -0.883. The van der Waals surface area contributed by atoms with Crippen molar-refractivity contribution in [3.8, 4) is 5.75 Å². The molecule has 0 aliphatic carbocycles. The molecule has 1 saturated heterocycles. The first-order valence-electron chi connectivity index (χ1n) is 15.8. The van der Waals surface area contributed by atoms with Crippen LogP contribution >= 0.6 is 79.4 Å². The highest BCUT2D eigenvalue weighted by atomic mass is 127. The third-order valence-electron chi connectivity index (χ3n) is 8.60. The number of alkyl halides is 3. The van der Waals surface area contributed by atoms with Gasteiger partial charge in [0.1, 0.15) is 5.75 Å². The molecule has 0 bridgehead atoms. The zero-order valence-corrected chi connectivity index (χ0v) is 33.8. The fourth-order valence-electron chi connectivity index (χ4n) is 5.56. The summed E-state index contributed by atoms with van der Waals surface area (Å²) in [7, 11) is 0. The molecule has 3 unspecified atom stereocenters. The van der Waals surface area contributed by atoms with Gasteiger partial charge in [0, 0.05) is 51.0 Å². The third kappa shape index (κ3) is 13.0. The van der Waals surface area contributed by atoms with Gasteiger partial charge >= 0.3 is 17.9 Å². The largest absolute Gasteiger partial charge is 0.483 e. The second-order valence-corrected chi connectivity index (χ2v) is 15.1. The summed E-state index contributed by atoms with van der Waals surface area (Å²) in [4.78, 5) is 52.8. The van der Waals surface area contributed by atoms with E-state index in [1.165, 1.54) is 0 Å². The van der Waals surface area contributed by atoms with Gasteiger partial charge in [-0.15, -0.1) is 0 Å². The average Bonchev–Trinajstić information content (AvgIpc) is 3.05. The van der Waals surface area contributed by atoms with E-state index >= 15 is 0 Å². The van der Waals surface area contributed by atoms with Gasteiger partial charge < -0.3 is 25.0 Å². The van der Waals surface area contributed by atoms with Crippen molar-refractivity contribution in [3.63, 3.8) is 0 Å². The molecule has 1 heterocycles. The molecule has 2 aromatic carbocycles. The van der Waals surface area contributed by atoms with Crippen LogP contribution in [0.25, 0.3) is 0 Å². The number of piperazine rings is 1. The van der Waals surface area contributed by atoms with E-state index in [1.807, 2.05) is 36.4 Å². The van der Waals surface area contributed by atoms with Gasteiger partial charge in [0.05, 0.1) is 17.8 Å². The molecule has 0 radical (unpaired) electrons. The standard InChI is InChI=1S/C34H42ClI3N2O8/c35-29-9-2-22(3-10-29)20-39-11-13-40(14-12-39)30(41)21-48-31-24(5-7-27(18-37)33(44)45)15-23(1-4-26(17-36)32(42)43)16-25(31)6-8-28(19-38)34(46)47/h2-3,9-10,15-16,26-28H,1,4-8,11-14,17-21H2,(H,42,43)(H,44,45)(H,46,47). The second-order valence-electron chi connectivity index (χ2n) is 12.0. The zero-order chi connectivity index (χ0) is 35.2. The fraction of sp³-hybridized carbons (Fsp3) is 0.529. The fourth-order valence-corrected chi connectivity index (χ4v) is 8.13. The van der Waals surface area contributed by atoms with Crippen molar-refractivity contribution in [3.05, 3.63) is 63.7 Å². The van der Waals surface area contributed by atoms with Gasteiger partial charge in [-0.1, -0.05) is 104 Å². The highest BCUT2D eigenvalue weighted by Crippen LogP contribution is 2.32. The quantitative estimate of drug-likeness (QED) is 0.103. The van der Waals surface area contributed by atoms with Crippen molar-refractivity contribution in [2.75, 3.05) is 46.1 Å². The van der Waals surface area contributed by atoms with Crippen LogP contribution in [0.15, 0.2) is 36.4 Å². The SMILES string of the molecule is O=C(O)C(CI)CCc1cc(CCC(CI)C(=O)O)c(OCC(=O)N2CCN(Cc3ccc(Cl)cc3)CC2)c(CCC(CI)C(=O)O)c1. The number of nitrogens with zero attached hydrogens (tertiary/aromatic N) is 2. The van der Waals surface area contributed by atoms with E-state index in [9.17, 15) is 34.5 Å². The van der Waals surface area contributed by atoms with E-state index < -0.39 is 35.7 Å². The van der Waals surface area contributed by atoms with E-state index in [4.69, 9.17) is 16.3 Å². The summed E-state index contributed by atoms with van der Waals surface area (Å²) in [5.74, 6) is -3.93. The third-order valence-corrected chi connectivity index (χ3v) is 12.0. The summed E-state index contributed by atoms with van der Waals surface area (Å²) >= 11 is 12.2. The normalized spacial score (nSPS) is 15.5. The molecule has 2 aromatic rings. The van der Waals surface area contributed by atoms with Gasteiger partial charge in [-0.3, -0.25) is 24.1 Å². The first-order chi connectivity index (χ1) is 22.9. The number of carboxylic acids is 3. The number of hydrogen-bond acceptors (Lipinski definition) is 6. The predicted molar refractivity (Wildman–Crippen MR) is 210 cm³/mol. The lowest BCUT2D eigenvalue weighted by Gasteiger charge is -2.34. The minimum absolute atomic E-state index is 0.153. The van der Waals surface area contributed by atoms with Gasteiger partial charge in [-0.05, 0) is 72.9 Å². The van der Waals surface area contributed by atoms with Crippen LogP contribution in [-0.4, -0.2) is 95.0 Å². The smallest absolute Gasteiger partial charge is 0.307 e. The molecule has 264 valence electrons. The molecule has 1 fully saturated rings. The first kappa shape index (κ1) is 41.0. The van der Waals surface area contributed by atoms with Crippen molar-refractivity contribution in [1.82, 2.24) is 9.80 Å². The Bertz CT molecular complexity index is 1340. The Hall–Kier alpha value is -1.44. The Morgan fingerprint density at radius 2 is 1.17 bits per heavy atom. The van der Waals surface area contributed by atoms with Crippen molar-refractivity contribution in [2.24, 2.45) is 17.8 Å². The Kier molecular flexibility index (Phi) is 18.0. The lowest BCUT2D eigenvalue weighted by Crippen LogP contribution is -2.49. The maximum atomic E-state index is 13.4. The lowest BCUT2D eigenvalue weighted by molar-refractivity contribution is -0.142. The van der Waals surface area contributed by atoms with Crippen LogP contribution in [0.2, 0.25) is 5.02 Å². The number of carboxylic acid groups (broad SMARTS) is 3. The predicted octanol–water partition coefficient (Wildman–Crippen LogP) is 6.27. The van der Waals surface area contributed by atoms with Gasteiger partial charge in [0.15, 0.2) is 6.61 Å². The minimum Gasteiger partial charge on any atom is -0.483 e. The van der Waals surface area contributed by atoms with Crippen molar-refractivity contribution in [2.45, 2.75) is 45.1 Å². The van der Waals surface area contributed by atoms with E-state index in [0.717, 1.165) is 28.8 Å². The lowest BCUT2D eigenvalue weighted by atomic mass is 9.91. The monoisotopic (exact) mass is 1020 g/mol. The van der Waals surface area contributed by atoms with E-state index in [0.29, 0.717) is 88.8 Å². The molecule has 1 aliphatic heterocycles. The van der Waals surface area contributed by atoms with E-state index in [2.05, 4.69) is 72.7 Å². The van der Waals surface area contributed by atoms with Crippen LogP contribution in [-0.2, 0) is 45.0 Å². The highest BCUT2D eigenvalue weighted by Gasteiger charge is 2.25. The van der Waals surface area contributed by atoms with Crippen LogP contribution in [0.1, 0.15) is 41.5 Å². The zero-order valence-electron chi connectivity index (χ0n) is 26.6. The molecule has 3 rings (SSSR count). The van der Waals surface area contributed by atoms with Crippen molar-refractivity contribution < 1.29 is 39.2 Å². The van der Waals surface area contributed by atoms with Crippen LogP contribution in [0, 0.1) is 17.8 Å². The second kappa shape index (κ2) is 21.0. The van der Waals surface area contributed by atoms with E-state index in [-0.39, 0.29) is 12.5 Å². The van der Waals surface area contributed by atoms with Crippen LogP contribution in [0.4, 0.5) is 0 Å². The van der Waals surface area contributed by atoms with Gasteiger partial charge in [0.2, 0.25) is 0 Å². The highest BCUT2D eigenvalue weighted by molar-refractivity contribution is 14.1. The Morgan fingerprint density at radius 3 is 1.60 bits per heavy atom. The van der Waals surface area contributed by atoms with Crippen molar-refractivity contribution >= 4 is 103 Å². The molecule has 1 amide bonds. The van der Waals surface area contributed by atoms with Gasteiger partial charge in [0.25, 0.3) is 5.91 Å².